The van der Waals surface area contributed by atoms with Crippen LogP contribution in [0.5, 0.6) is 0 Å². The van der Waals surface area contributed by atoms with Crippen molar-refractivity contribution >= 4 is 5.97 Å². The minimum absolute atomic E-state index is 0.176. The average molecular weight is 127 g/mol. The summed E-state index contributed by atoms with van der Waals surface area (Å²) in [5.74, 6) is -0.374. The molecule has 0 spiro atoms. The molecule has 0 heterocycles. The number of hydrogen-bond acceptors (Lipinski definition) is 1. The van der Waals surface area contributed by atoms with Crippen molar-refractivity contribution in [1.29, 1.82) is 0 Å². The van der Waals surface area contributed by atoms with Crippen molar-refractivity contribution < 1.29 is 9.90 Å². The van der Waals surface area contributed by atoms with Crippen LogP contribution in [0.2, 0.25) is 0 Å². The van der Waals surface area contributed by atoms with Gasteiger partial charge in [-0.05, 0) is 18.3 Å². The number of rotatable bonds is 1. The van der Waals surface area contributed by atoms with Gasteiger partial charge in [-0.2, -0.15) is 0 Å². The van der Waals surface area contributed by atoms with Crippen LogP contribution in [0.3, 0.4) is 0 Å². The first kappa shape index (κ1) is 6.59. The molecule has 1 saturated carbocycles. The predicted octanol–water partition coefficient (Wildman–Crippen LogP) is 1.24. The van der Waals surface area contributed by atoms with Gasteiger partial charge in [-0.25, -0.2) is 9.90 Å². The van der Waals surface area contributed by atoms with Gasteiger partial charge in [0.25, 0.3) is 0 Å². The third kappa shape index (κ3) is 0.934. The van der Waals surface area contributed by atoms with Gasteiger partial charge >= 0.3 is 5.97 Å². The highest BCUT2D eigenvalue weighted by Gasteiger charge is 2.40. The van der Waals surface area contributed by atoms with Crippen molar-refractivity contribution in [2.75, 3.05) is 0 Å². The first-order valence-electron chi connectivity index (χ1n) is 3.33. The first-order chi connectivity index (χ1) is 4.13. The van der Waals surface area contributed by atoms with Gasteiger partial charge in [-0.15, -0.1) is 0 Å². The van der Waals surface area contributed by atoms with E-state index >= 15 is 0 Å². The molecule has 1 radical (unpaired) electrons. The van der Waals surface area contributed by atoms with Crippen LogP contribution in [-0.2, 0) is 9.90 Å². The summed E-state index contributed by atoms with van der Waals surface area (Å²) in [6.45, 7) is 3.92. The second-order valence-electron chi connectivity index (χ2n) is 3.04. The van der Waals surface area contributed by atoms with Gasteiger partial charge in [0.05, 0.1) is 5.92 Å². The van der Waals surface area contributed by atoms with E-state index in [0.29, 0.717) is 11.8 Å². The van der Waals surface area contributed by atoms with E-state index < -0.39 is 5.97 Å². The van der Waals surface area contributed by atoms with E-state index in [4.69, 9.17) is 0 Å². The predicted molar refractivity (Wildman–Crippen MR) is 32.1 cm³/mol. The molecule has 0 amide bonds. The molecule has 0 saturated heterocycles. The molecular weight excluding hydrogens is 116 g/mol. The van der Waals surface area contributed by atoms with Crippen molar-refractivity contribution in [3.05, 3.63) is 0 Å². The Hall–Kier alpha value is -0.530. The fourth-order valence-corrected chi connectivity index (χ4v) is 1.71. The van der Waals surface area contributed by atoms with E-state index in [0.717, 1.165) is 6.42 Å². The number of hydrogen-bond donors (Lipinski definition) is 0. The summed E-state index contributed by atoms with van der Waals surface area (Å²) in [4.78, 5) is 10.3. The number of carbonyl (C=O) groups is 1. The minimum atomic E-state index is -0.874. The maximum Gasteiger partial charge on any atom is 0.359 e. The second kappa shape index (κ2) is 2.01. The molecule has 0 aliphatic heterocycles. The number of carbonyl (C=O) groups excluding carboxylic acids is 1. The van der Waals surface area contributed by atoms with Crippen molar-refractivity contribution in [3.63, 3.8) is 0 Å². The SMILES string of the molecule is CC1CC(C)C1C([O])=O. The highest BCUT2D eigenvalue weighted by molar-refractivity contribution is 5.71. The molecule has 1 aliphatic rings. The van der Waals surface area contributed by atoms with Crippen LogP contribution < -0.4 is 0 Å². The molecule has 1 aliphatic carbocycles. The van der Waals surface area contributed by atoms with Gasteiger partial charge in [0.15, 0.2) is 0 Å². The van der Waals surface area contributed by atoms with Gasteiger partial charge < -0.3 is 0 Å². The van der Waals surface area contributed by atoms with E-state index in [2.05, 4.69) is 0 Å². The largest absolute Gasteiger partial charge is 0.359 e. The standard InChI is InChI=1S/C7H11O2/c1-4-3-5(2)6(4)7(8)9/h4-6H,3H2,1-2H3. The molecule has 9 heavy (non-hydrogen) atoms. The van der Waals surface area contributed by atoms with Gasteiger partial charge in [0, 0.05) is 0 Å². The van der Waals surface area contributed by atoms with Crippen molar-refractivity contribution in [2.24, 2.45) is 17.8 Å². The highest BCUT2D eigenvalue weighted by Crippen LogP contribution is 2.39. The lowest BCUT2D eigenvalue weighted by molar-refractivity contribution is -0.157. The molecule has 0 aromatic heterocycles. The van der Waals surface area contributed by atoms with Crippen LogP contribution in [-0.4, -0.2) is 5.97 Å². The van der Waals surface area contributed by atoms with Crippen LogP contribution in [0.4, 0.5) is 0 Å². The Balaban J connectivity index is 2.49. The van der Waals surface area contributed by atoms with Crippen LogP contribution in [0.25, 0.3) is 0 Å². The van der Waals surface area contributed by atoms with Gasteiger partial charge in [-0.3, -0.25) is 0 Å². The van der Waals surface area contributed by atoms with Gasteiger partial charge in [0.1, 0.15) is 0 Å². The van der Waals surface area contributed by atoms with Gasteiger partial charge in [-0.1, -0.05) is 13.8 Å². The van der Waals surface area contributed by atoms with Crippen LogP contribution in [0, 0.1) is 17.8 Å². The van der Waals surface area contributed by atoms with Crippen LogP contribution in [0.1, 0.15) is 20.3 Å². The van der Waals surface area contributed by atoms with Gasteiger partial charge in [0.2, 0.25) is 0 Å². The first-order valence-corrected chi connectivity index (χ1v) is 3.33. The molecule has 1 rings (SSSR count). The fraction of sp³-hybridized carbons (Fsp3) is 0.857. The van der Waals surface area contributed by atoms with Crippen molar-refractivity contribution in [2.45, 2.75) is 20.3 Å². The van der Waals surface area contributed by atoms with Crippen LogP contribution in [0.15, 0.2) is 0 Å². The maximum atomic E-state index is 10.3. The molecule has 2 nitrogen and oxygen atoms in total. The Morgan fingerprint density at radius 2 is 1.78 bits per heavy atom. The molecule has 2 unspecified atom stereocenters. The summed E-state index contributed by atoms with van der Waals surface area (Å²) >= 11 is 0. The summed E-state index contributed by atoms with van der Waals surface area (Å²) in [7, 11) is 0. The molecule has 0 N–H and O–H groups in total. The molecule has 0 aromatic rings. The summed E-state index contributed by atoms with van der Waals surface area (Å²) in [6.07, 6.45) is 1.04. The van der Waals surface area contributed by atoms with Crippen LogP contribution >= 0.6 is 0 Å². The Labute approximate surface area is 54.9 Å². The lowest BCUT2D eigenvalue weighted by Gasteiger charge is -2.36. The highest BCUT2D eigenvalue weighted by atomic mass is 16.4. The summed E-state index contributed by atoms with van der Waals surface area (Å²) < 4.78 is 0. The van der Waals surface area contributed by atoms with E-state index in [1.807, 2.05) is 13.8 Å². The lowest BCUT2D eigenvalue weighted by atomic mass is 9.67. The van der Waals surface area contributed by atoms with E-state index in [-0.39, 0.29) is 5.92 Å². The monoisotopic (exact) mass is 127 g/mol. The molecule has 2 heteroatoms. The quantitative estimate of drug-likeness (QED) is 0.522. The molecule has 2 atom stereocenters. The normalized spacial score (nSPS) is 41.8. The Morgan fingerprint density at radius 3 is 1.89 bits per heavy atom. The Bertz CT molecular complexity index is 123. The van der Waals surface area contributed by atoms with E-state index in [1.54, 1.807) is 0 Å². The summed E-state index contributed by atoms with van der Waals surface area (Å²) in [5.41, 5.74) is 0. The molecule has 51 valence electrons. The summed E-state index contributed by atoms with van der Waals surface area (Å²) in [5, 5.41) is 10.3. The molecule has 0 aromatic carbocycles. The Morgan fingerprint density at radius 1 is 1.33 bits per heavy atom. The topological polar surface area (TPSA) is 37.0 Å². The average Bonchev–Trinajstić information content (AvgIpc) is 1.62. The Kier molecular flexibility index (Phi) is 1.47. The third-order valence-electron chi connectivity index (χ3n) is 2.24. The second-order valence-corrected chi connectivity index (χ2v) is 3.04. The molecule has 1 fully saturated rings. The van der Waals surface area contributed by atoms with E-state index in [9.17, 15) is 9.90 Å². The van der Waals surface area contributed by atoms with E-state index in [1.165, 1.54) is 0 Å². The van der Waals surface area contributed by atoms with Crippen molar-refractivity contribution in [3.8, 4) is 0 Å². The summed E-state index contributed by atoms with van der Waals surface area (Å²) in [6, 6.07) is 0. The smallest absolute Gasteiger partial charge is 0.247 e. The minimum Gasteiger partial charge on any atom is -0.247 e. The lowest BCUT2D eigenvalue weighted by Crippen LogP contribution is -2.38. The maximum absolute atomic E-state index is 10.3. The molecule has 0 bridgehead atoms. The fourth-order valence-electron chi connectivity index (χ4n) is 1.71. The third-order valence-corrected chi connectivity index (χ3v) is 2.24. The van der Waals surface area contributed by atoms with Crippen molar-refractivity contribution in [1.82, 2.24) is 0 Å². The zero-order chi connectivity index (χ0) is 7.02. The zero-order valence-electron chi connectivity index (χ0n) is 5.76. The molecular formula is C7H11O2. The zero-order valence-corrected chi connectivity index (χ0v) is 5.76.